The predicted molar refractivity (Wildman–Crippen MR) is 158 cm³/mol. The molecule has 0 aliphatic carbocycles. The molecule has 5 heterocycles. The van der Waals surface area contributed by atoms with Crippen molar-refractivity contribution in [2.45, 2.75) is 26.3 Å². The summed E-state index contributed by atoms with van der Waals surface area (Å²) >= 11 is 2.66. The second-order valence-corrected chi connectivity index (χ2v) is 11.8. The summed E-state index contributed by atoms with van der Waals surface area (Å²) in [5.41, 5.74) is 5.14. The molecule has 6 rings (SSSR count). The molecule has 3 aromatic heterocycles. The standard InChI is InChI=1S/C29H28N6O2S2/c1-18-12-21(32-24(13-18)23-17-38-25-5-3-2-4-22(23)25)16-30-15-19-7-10-35(11-8-19)28-31-9-6-20(33-28)14-26-27(36)34-29(37)39-26/h2-6,9,12-14,17,19,30H,7-8,10-11,15-16H2,1H3,(H,34,36,37)/b26-14+. The Morgan fingerprint density at radius 1 is 1.13 bits per heavy atom. The third kappa shape index (κ3) is 5.88. The Bertz CT molecular complexity index is 1580. The number of aryl methyl sites for hydroxylation is 1. The van der Waals surface area contributed by atoms with Crippen molar-refractivity contribution in [2.75, 3.05) is 24.5 Å². The van der Waals surface area contributed by atoms with Crippen molar-refractivity contribution >= 4 is 56.4 Å². The van der Waals surface area contributed by atoms with Crippen LogP contribution in [-0.4, -0.2) is 45.7 Å². The average molecular weight is 557 g/mol. The number of fused-ring (bicyclic) bond motifs is 1. The fourth-order valence-corrected chi connectivity index (χ4v) is 6.66. The average Bonchev–Trinajstić information content (AvgIpc) is 3.51. The van der Waals surface area contributed by atoms with E-state index in [2.05, 4.69) is 74.2 Å². The Labute approximate surface area is 235 Å². The van der Waals surface area contributed by atoms with Gasteiger partial charge in [-0.3, -0.25) is 19.9 Å². The van der Waals surface area contributed by atoms with Crippen LogP contribution in [-0.2, 0) is 11.3 Å². The Kier molecular flexibility index (Phi) is 7.40. The zero-order chi connectivity index (χ0) is 26.8. The quantitative estimate of drug-likeness (QED) is 0.292. The molecular formula is C29H28N6O2S2. The van der Waals surface area contributed by atoms with Gasteiger partial charge in [0.05, 0.1) is 22.0 Å². The van der Waals surface area contributed by atoms with Crippen molar-refractivity contribution in [3.05, 3.63) is 75.9 Å². The fraction of sp³-hybridized carbons (Fsp3) is 0.276. The number of pyridine rings is 1. The minimum atomic E-state index is -0.379. The number of thioether (sulfide) groups is 1. The summed E-state index contributed by atoms with van der Waals surface area (Å²) in [5, 5.41) is 9.02. The second kappa shape index (κ2) is 11.3. The van der Waals surface area contributed by atoms with Crippen molar-refractivity contribution in [3.63, 3.8) is 0 Å². The maximum Gasteiger partial charge on any atom is 0.290 e. The molecule has 0 saturated carbocycles. The van der Waals surface area contributed by atoms with Crippen molar-refractivity contribution in [3.8, 4) is 11.3 Å². The molecule has 2 N–H and O–H groups in total. The molecule has 0 bridgehead atoms. The van der Waals surface area contributed by atoms with E-state index in [0.717, 1.165) is 62.2 Å². The number of imide groups is 1. The van der Waals surface area contributed by atoms with E-state index in [1.54, 1.807) is 29.7 Å². The highest BCUT2D eigenvalue weighted by molar-refractivity contribution is 8.18. The number of rotatable bonds is 7. The maximum absolute atomic E-state index is 11.8. The third-order valence-electron chi connectivity index (χ3n) is 7.00. The summed E-state index contributed by atoms with van der Waals surface area (Å²) in [7, 11) is 0. The molecule has 2 aliphatic heterocycles. The van der Waals surface area contributed by atoms with E-state index >= 15 is 0 Å². The molecule has 39 heavy (non-hydrogen) atoms. The molecule has 1 aromatic carbocycles. The predicted octanol–water partition coefficient (Wildman–Crippen LogP) is 5.39. The zero-order valence-electron chi connectivity index (χ0n) is 21.5. The first kappa shape index (κ1) is 25.7. The van der Waals surface area contributed by atoms with E-state index in [4.69, 9.17) is 4.98 Å². The molecule has 198 valence electrons. The largest absolute Gasteiger partial charge is 0.341 e. The Morgan fingerprint density at radius 3 is 2.79 bits per heavy atom. The van der Waals surface area contributed by atoms with Crippen LogP contribution in [0.25, 0.3) is 27.4 Å². The molecule has 4 aromatic rings. The Balaban J connectivity index is 1.03. The van der Waals surface area contributed by atoms with Crippen LogP contribution in [0.2, 0.25) is 0 Å². The lowest BCUT2D eigenvalue weighted by Crippen LogP contribution is -2.38. The normalized spacial score (nSPS) is 17.4. The van der Waals surface area contributed by atoms with Crippen LogP contribution >= 0.6 is 23.1 Å². The third-order valence-corrected chi connectivity index (χ3v) is 8.78. The smallest absolute Gasteiger partial charge is 0.290 e. The lowest BCUT2D eigenvalue weighted by atomic mass is 9.97. The fourth-order valence-electron chi connectivity index (χ4n) is 5.04. The van der Waals surface area contributed by atoms with Crippen LogP contribution < -0.4 is 15.5 Å². The van der Waals surface area contributed by atoms with E-state index in [0.29, 0.717) is 22.5 Å². The molecule has 0 spiro atoms. The molecule has 2 aliphatic rings. The lowest BCUT2D eigenvalue weighted by molar-refractivity contribution is -0.115. The van der Waals surface area contributed by atoms with E-state index < -0.39 is 0 Å². The number of carbonyl (C=O) groups excluding carboxylic acids is 2. The zero-order valence-corrected chi connectivity index (χ0v) is 23.1. The summed E-state index contributed by atoms with van der Waals surface area (Å²) in [6.07, 6.45) is 5.42. The SMILES string of the molecule is Cc1cc(CNCC2CCN(c3nccc(/C=C4/SC(=O)NC4=O)n3)CC2)nc(-c2csc3ccccc23)c1. The molecule has 0 radical (unpaired) electrons. The van der Waals surface area contributed by atoms with Gasteiger partial charge in [0, 0.05) is 46.9 Å². The number of carbonyl (C=O) groups is 2. The van der Waals surface area contributed by atoms with Gasteiger partial charge in [-0.15, -0.1) is 11.3 Å². The molecule has 2 fully saturated rings. The van der Waals surface area contributed by atoms with Gasteiger partial charge in [0.1, 0.15) is 0 Å². The van der Waals surface area contributed by atoms with Crippen LogP contribution in [0.1, 0.15) is 29.8 Å². The van der Waals surface area contributed by atoms with Gasteiger partial charge >= 0.3 is 0 Å². The Morgan fingerprint density at radius 2 is 1.97 bits per heavy atom. The molecule has 10 heteroatoms. The summed E-state index contributed by atoms with van der Waals surface area (Å²) < 4.78 is 1.28. The van der Waals surface area contributed by atoms with Crippen LogP contribution in [0.4, 0.5) is 10.7 Å². The van der Waals surface area contributed by atoms with Gasteiger partial charge in [0.15, 0.2) is 0 Å². The highest BCUT2D eigenvalue weighted by Gasteiger charge is 2.26. The summed E-state index contributed by atoms with van der Waals surface area (Å²) in [5.74, 6) is 0.847. The molecular weight excluding hydrogens is 528 g/mol. The van der Waals surface area contributed by atoms with E-state index in [-0.39, 0.29) is 11.1 Å². The number of piperidine rings is 1. The van der Waals surface area contributed by atoms with Gasteiger partial charge in [0.2, 0.25) is 5.95 Å². The number of hydrogen-bond donors (Lipinski definition) is 2. The highest BCUT2D eigenvalue weighted by Crippen LogP contribution is 2.33. The lowest BCUT2D eigenvalue weighted by Gasteiger charge is -2.32. The number of anilines is 1. The second-order valence-electron chi connectivity index (χ2n) is 9.86. The molecule has 2 saturated heterocycles. The first-order valence-electron chi connectivity index (χ1n) is 13.0. The summed E-state index contributed by atoms with van der Waals surface area (Å²) in [6, 6.07) is 14.6. The maximum atomic E-state index is 11.8. The monoisotopic (exact) mass is 556 g/mol. The topological polar surface area (TPSA) is 100 Å². The van der Waals surface area contributed by atoms with Crippen LogP contribution in [0.3, 0.4) is 0 Å². The minimum Gasteiger partial charge on any atom is -0.341 e. The molecule has 8 nitrogen and oxygen atoms in total. The number of nitrogens with zero attached hydrogens (tertiary/aromatic N) is 4. The first-order chi connectivity index (χ1) is 19.0. The first-order valence-corrected chi connectivity index (χ1v) is 14.7. The number of aromatic nitrogens is 3. The van der Waals surface area contributed by atoms with Crippen molar-refractivity contribution < 1.29 is 9.59 Å². The summed E-state index contributed by atoms with van der Waals surface area (Å²) in [4.78, 5) is 39.8. The van der Waals surface area contributed by atoms with Crippen molar-refractivity contribution in [1.82, 2.24) is 25.6 Å². The van der Waals surface area contributed by atoms with Crippen molar-refractivity contribution in [2.24, 2.45) is 5.92 Å². The molecule has 0 atom stereocenters. The van der Waals surface area contributed by atoms with Gasteiger partial charge in [0.25, 0.3) is 11.1 Å². The van der Waals surface area contributed by atoms with Gasteiger partial charge in [-0.1, -0.05) is 18.2 Å². The highest BCUT2D eigenvalue weighted by atomic mass is 32.2. The molecule has 2 amide bonds. The van der Waals surface area contributed by atoms with Gasteiger partial charge in [-0.2, -0.15) is 0 Å². The van der Waals surface area contributed by atoms with Crippen LogP contribution in [0, 0.1) is 12.8 Å². The van der Waals surface area contributed by atoms with Crippen molar-refractivity contribution in [1.29, 1.82) is 0 Å². The Hall–Kier alpha value is -3.60. The number of thiophene rings is 1. The van der Waals surface area contributed by atoms with Crippen LogP contribution in [0.5, 0.6) is 0 Å². The number of nitrogens with one attached hydrogen (secondary N) is 2. The van der Waals surface area contributed by atoms with E-state index in [1.165, 1.54) is 21.2 Å². The molecule has 0 unspecified atom stereocenters. The van der Waals surface area contributed by atoms with Gasteiger partial charge in [-0.05, 0) is 79.9 Å². The summed E-state index contributed by atoms with van der Waals surface area (Å²) in [6.45, 7) is 5.56. The number of hydrogen-bond acceptors (Lipinski definition) is 9. The van der Waals surface area contributed by atoms with Crippen LogP contribution in [0.15, 0.2) is 58.9 Å². The minimum absolute atomic E-state index is 0.355. The number of benzene rings is 1. The number of amides is 2. The van der Waals surface area contributed by atoms with Gasteiger partial charge < -0.3 is 10.2 Å². The van der Waals surface area contributed by atoms with Gasteiger partial charge in [-0.25, -0.2) is 9.97 Å². The van der Waals surface area contributed by atoms with E-state index in [9.17, 15) is 9.59 Å². The van der Waals surface area contributed by atoms with E-state index in [1.807, 2.05) is 0 Å².